The van der Waals surface area contributed by atoms with Crippen molar-refractivity contribution >= 4 is 32.5 Å². The second-order valence-electron chi connectivity index (χ2n) is 8.51. The molecule has 0 radical (unpaired) electrons. The van der Waals surface area contributed by atoms with E-state index in [1.807, 2.05) is 53.2 Å². The Morgan fingerprint density at radius 1 is 1.00 bits per heavy atom. The number of H-pyrrole nitrogens is 1. The van der Waals surface area contributed by atoms with Gasteiger partial charge in [0.15, 0.2) is 0 Å². The molecule has 0 saturated heterocycles. The summed E-state index contributed by atoms with van der Waals surface area (Å²) in [5.74, 6) is -0.445. The Bertz CT molecular complexity index is 1790. The molecule has 1 atom stereocenters. The van der Waals surface area contributed by atoms with Crippen molar-refractivity contribution in [2.24, 2.45) is 0 Å². The number of rotatable bonds is 5. The summed E-state index contributed by atoms with van der Waals surface area (Å²) >= 11 is 3.27. The maximum atomic E-state index is 13.9. The fourth-order valence-electron chi connectivity index (χ4n) is 4.52. The standard InChI is InChI=1S/C27H19BrFN5O2/c28-20-9-19(10-21(29)13-20)24(15-35)34-7-5-17(12-26(34)36)16-1-3-23-22(11-16)27(32-31-23)18-2-4-25-30-6-8-33(25)14-18/h1-14,24,35H,15H2,(H,31,32). The molecule has 0 saturated carbocycles. The van der Waals surface area contributed by atoms with Crippen LogP contribution in [0.25, 0.3) is 38.9 Å². The van der Waals surface area contributed by atoms with Gasteiger partial charge in [0.05, 0.1) is 18.2 Å². The first-order valence-corrected chi connectivity index (χ1v) is 12.0. The minimum Gasteiger partial charge on any atom is -0.394 e. The first kappa shape index (κ1) is 22.4. The molecule has 0 aliphatic carbocycles. The molecule has 0 aliphatic heterocycles. The van der Waals surface area contributed by atoms with E-state index in [1.54, 1.807) is 18.5 Å². The Balaban J connectivity index is 1.39. The van der Waals surface area contributed by atoms with Gasteiger partial charge in [0.25, 0.3) is 5.56 Å². The lowest BCUT2D eigenvalue weighted by molar-refractivity contribution is 0.246. The van der Waals surface area contributed by atoms with Crippen molar-refractivity contribution in [1.29, 1.82) is 0 Å². The summed E-state index contributed by atoms with van der Waals surface area (Å²) < 4.78 is 17.8. The van der Waals surface area contributed by atoms with Gasteiger partial charge in [-0.2, -0.15) is 5.10 Å². The number of nitrogens with zero attached hydrogens (tertiary/aromatic N) is 4. The molecular formula is C27H19BrFN5O2. The van der Waals surface area contributed by atoms with E-state index >= 15 is 0 Å². The van der Waals surface area contributed by atoms with Crippen LogP contribution in [0.5, 0.6) is 0 Å². The van der Waals surface area contributed by atoms with Gasteiger partial charge in [0, 0.05) is 46.3 Å². The minimum absolute atomic E-state index is 0.301. The highest BCUT2D eigenvalue weighted by atomic mass is 79.9. The molecule has 4 aromatic heterocycles. The molecule has 0 bridgehead atoms. The van der Waals surface area contributed by atoms with Crippen molar-refractivity contribution < 1.29 is 9.50 Å². The SMILES string of the molecule is O=c1cc(-c2ccc3[nH]nc(-c4ccc5nccn5c4)c3c2)ccn1C(CO)c1cc(F)cc(Br)c1. The molecule has 0 fully saturated rings. The zero-order valence-electron chi connectivity index (χ0n) is 18.8. The van der Waals surface area contributed by atoms with Crippen molar-refractivity contribution in [2.75, 3.05) is 6.61 Å². The number of pyridine rings is 2. The summed E-state index contributed by atoms with van der Waals surface area (Å²) in [5.41, 5.74) is 5.25. The zero-order chi connectivity index (χ0) is 24.8. The smallest absolute Gasteiger partial charge is 0.251 e. The number of aliphatic hydroxyl groups is 1. The third kappa shape index (κ3) is 3.92. The van der Waals surface area contributed by atoms with Crippen LogP contribution in [-0.2, 0) is 0 Å². The van der Waals surface area contributed by atoms with Gasteiger partial charge in [-0.1, -0.05) is 22.0 Å². The Kier molecular flexibility index (Phi) is 5.50. The van der Waals surface area contributed by atoms with Crippen LogP contribution in [0.2, 0.25) is 0 Å². The van der Waals surface area contributed by atoms with Gasteiger partial charge >= 0.3 is 0 Å². The number of fused-ring (bicyclic) bond motifs is 2. The van der Waals surface area contributed by atoms with Gasteiger partial charge in [0.2, 0.25) is 0 Å². The van der Waals surface area contributed by atoms with Crippen LogP contribution in [0, 0.1) is 5.82 Å². The van der Waals surface area contributed by atoms with Crippen LogP contribution in [0.4, 0.5) is 4.39 Å². The van der Waals surface area contributed by atoms with E-state index in [0.717, 1.165) is 38.9 Å². The van der Waals surface area contributed by atoms with E-state index in [2.05, 4.69) is 31.1 Å². The normalized spacial score (nSPS) is 12.4. The molecular weight excluding hydrogens is 525 g/mol. The maximum Gasteiger partial charge on any atom is 0.251 e. The number of nitrogens with one attached hydrogen (secondary N) is 1. The fourth-order valence-corrected chi connectivity index (χ4v) is 5.01. The predicted octanol–water partition coefficient (Wildman–Crippen LogP) is 5.19. The molecule has 1 unspecified atom stereocenters. The minimum atomic E-state index is -0.709. The van der Waals surface area contributed by atoms with Crippen molar-refractivity contribution in [2.45, 2.75) is 6.04 Å². The number of benzene rings is 2. The van der Waals surface area contributed by atoms with Crippen molar-refractivity contribution in [3.63, 3.8) is 0 Å². The van der Waals surface area contributed by atoms with Gasteiger partial charge in [-0.05, 0) is 65.2 Å². The number of aromatic amines is 1. The topological polar surface area (TPSA) is 88.2 Å². The third-order valence-corrected chi connectivity index (χ3v) is 6.74. The van der Waals surface area contributed by atoms with E-state index in [-0.39, 0.29) is 12.2 Å². The molecule has 0 amide bonds. The summed E-state index contributed by atoms with van der Waals surface area (Å²) in [6.07, 6.45) is 7.24. The summed E-state index contributed by atoms with van der Waals surface area (Å²) in [7, 11) is 0. The second-order valence-corrected chi connectivity index (χ2v) is 9.42. The van der Waals surface area contributed by atoms with Crippen molar-refractivity contribution in [1.82, 2.24) is 24.1 Å². The molecule has 36 heavy (non-hydrogen) atoms. The third-order valence-electron chi connectivity index (χ3n) is 6.28. The van der Waals surface area contributed by atoms with E-state index < -0.39 is 11.9 Å². The van der Waals surface area contributed by atoms with Gasteiger partial charge < -0.3 is 14.1 Å². The highest BCUT2D eigenvalue weighted by molar-refractivity contribution is 9.10. The van der Waals surface area contributed by atoms with E-state index in [0.29, 0.717) is 10.0 Å². The maximum absolute atomic E-state index is 13.9. The molecule has 0 aliphatic rings. The van der Waals surface area contributed by atoms with E-state index in [9.17, 15) is 14.3 Å². The monoisotopic (exact) mass is 543 g/mol. The molecule has 6 rings (SSSR count). The fraction of sp³-hybridized carbons (Fsp3) is 0.0741. The quantitative estimate of drug-likeness (QED) is 0.313. The van der Waals surface area contributed by atoms with Gasteiger partial charge in [0.1, 0.15) is 17.2 Å². The number of halogens is 2. The Labute approximate surface area is 212 Å². The number of hydrogen-bond donors (Lipinski definition) is 2. The number of imidazole rings is 1. The molecule has 4 heterocycles. The summed E-state index contributed by atoms with van der Waals surface area (Å²) in [4.78, 5) is 17.4. The van der Waals surface area contributed by atoms with Crippen LogP contribution >= 0.6 is 15.9 Å². The van der Waals surface area contributed by atoms with E-state index in [1.165, 1.54) is 22.8 Å². The van der Waals surface area contributed by atoms with Crippen molar-refractivity contribution in [3.05, 3.63) is 112 Å². The largest absolute Gasteiger partial charge is 0.394 e. The summed E-state index contributed by atoms with van der Waals surface area (Å²) in [6.45, 7) is -0.346. The number of aliphatic hydroxyl groups excluding tert-OH is 1. The lowest BCUT2D eigenvalue weighted by Crippen LogP contribution is -2.27. The lowest BCUT2D eigenvalue weighted by Gasteiger charge is -2.19. The van der Waals surface area contributed by atoms with Crippen LogP contribution in [-0.4, -0.2) is 35.9 Å². The molecule has 2 aromatic carbocycles. The molecule has 7 nitrogen and oxygen atoms in total. The molecule has 9 heteroatoms. The summed E-state index contributed by atoms with van der Waals surface area (Å²) in [6, 6.07) is 16.8. The van der Waals surface area contributed by atoms with Crippen LogP contribution in [0.15, 0.2) is 94.7 Å². The second kappa shape index (κ2) is 8.85. The zero-order valence-corrected chi connectivity index (χ0v) is 20.4. The molecule has 0 spiro atoms. The summed E-state index contributed by atoms with van der Waals surface area (Å²) in [5, 5.41) is 18.5. The highest BCUT2D eigenvalue weighted by Gasteiger charge is 2.17. The predicted molar refractivity (Wildman–Crippen MR) is 139 cm³/mol. The van der Waals surface area contributed by atoms with E-state index in [4.69, 9.17) is 0 Å². The first-order chi connectivity index (χ1) is 17.5. The van der Waals surface area contributed by atoms with Crippen LogP contribution in [0.3, 0.4) is 0 Å². The van der Waals surface area contributed by atoms with Crippen LogP contribution in [0.1, 0.15) is 11.6 Å². The Hall–Kier alpha value is -4.08. The van der Waals surface area contributed by atoms with Gasteiger partial charge in [-0.3, -0.25) is 9.89 Å². The van der Waals surface area contributed by atoms with Gasteiger partial charge in [-0.25, -0.2) is 9.37 Å². The molecule has 2 N–H and O–H groups in total. The van der Waals surface area contributed by atoms with Crippen molar-refractivity contribution in [3.8, 4) is 22.4 Å². The average Bonchev–Trinajstić information content (AvgIpc) is 3.51. The average molecular weight is 544 g/mol. The molecule has 178 valence electrons. The van der Waals surface area contributed by atoms with Crippen LogP contribution < -0.4 is 5.56 Å². The lowest BCUT2D eigenvalue weighted by atomic mass is 10.0. The van der Waals surface area contributed by atoms with Gasteiger partial charge in [-0.15, -0.1) is 0 Å². The highest BCUT2D eigenvalue weighted by Crippen LogP contribution is 2.31. The Morgan fingerprint density at radius 3 is 2.64 bits per heavy atom. The number of aromatic nitrogens is 5. The number of hydrogen-bond acceptors (Lipinski definition) is 4. The first-order valence-electron chi connectivity index (χ1n) is 11.2. The molecule has 6 aromatic rings. The Morgan fingerprint density at radius 2 is 1.83 bits per heavy atom.